The summed E-state index contributed by atoms with van der Waals surface area (Å²) >= 11 is 0. The lowest BCUT2D eigenvalue weighted by Crippen LogP contribution is -2.23. The van der Waals surface area contributed by atoms with Crippen molar-refractivity contribution in [1.29, 1.82) is 0 Å². The molecular formula is C19H15F2N3O. The number of amides is 1. The van der Waals surface area contributed by atoms with E-state index in [-0.39, 0.29) is 29.8 Å². The van der Waals surface area contributed by atoms with Crippen LogP contribution in [0.2, 0.25) is 0 Å². The molecule has 3 rings (SSSR count). The van der Waals surface area contributed by atoms with E-state index in [1.807, 2.05) is 0 Å². The van der Waals surface area contributed by atoms with Crippen LogP contribution in [0.4, 0.5) is 20.2 Å². The largest absolute Gasteiger partial charge is 0.354 e. The molecule has 25 heavy (non-hydrogen) atoms. The van der Waals surface area contributed by atoms with Gasteiger partial charge in [0.15, 0.2) is 0 Å². The second-order valence-corrected chi connectivity index (χ2v) is 5.37. The molecule has 0 radical (unpaired) electrons. The minimum absolute atomic E-state index is 0.270. The van der Waals surface area contributed by atoms with Crippen molar-refractivity contribution in [3.05, 3.63) is 89.8 Å². The second-order valence-electron chi connectivity index (χ2n) is 5.37. The first-order valence-electron chi connectivity index (χ1n) is 7.61. The van der Waals surface area contributed by atoms with Gasteiger partial charge in [-0.3, -0.25) is 4.79 Å². The van der Waals surface area contributed by atoms with E-state index in [0.717, 1.165) is 11.3 Å². The van der Waals surface area contributed by atoms with Gasteiger partial charge in [-0.05, 0) is 54.1 Å². The molecule has 3 aromatic rings. The standard InChI is InChI=1S/C19H15F2N3O/c20-14-3-1-13(2-4-14)11-23-19(25)18-10-9-17(12-22-18)24-16-7-5-15(21)6-8-16/h1-10,12,24H,11H2,(H,23,25). The average Bonchev–Trinajstić information content (AvgIpc) is 2.63. The number of hydrogen-bond acceptors (Lipinski definition) is 3. The quantitative estimate of drug-likeness (QED) is 0.738. The number of carbonyl (C=O) groups excluding carboxylic acids is 1. The van der Waals surface area contributed by atoms with Gasteiger partial charge in [-0.1, -0.05) is 12.1 Å². The number of benzene rings is 2. The lowest BCUT2D eigenvalue weighted by molar-refractivity contribution is 0.0946. The first-order valence-corrected chi connectivity index (χ1v) is 7.61. The number of carbonyl (C=O) groups is 1. The van der Waals surface area contributed by atoms with Crippen LogP contribution in [0.5, 0.6) is 0 Å². The first kappa shape index (κ1) is 16.6. The molecule has 0 aliphatic heterocycles. The maximum atomic E-state index is 12.9. The van der Waals surface area contributed by atoms with E-state index >= 15 is 0 Å². The molecule has 126 valence electrons. The van der Waals surface area contributed by atoms with Crippen molar-refractivity contribution in [3.8, 4) is 0 Å². The number of anilines is 2. The van der Waals surface area contributed by atoms with E-state index in [4.69, 9.17) is 0 Å². The minimum Gasteiger partial charge on any atom is -0.354 e. The van der Waals surface area contributed by atoms with Crippen molar-refractivity contribution in [2.24, 2.45) is 0 Å². The number of nitrogens with zero attached hydrogens (tertiary/aromatic N) is 1. The van der Waals surface area contributed by atoms with E-state index in [1.165, 1.54) is 30.5 Å². The molecule has 1 amide bonds. The van der Waals surface area contributed by atoms with E-state index < -0.39 is 0 Å². The Morgan fingerprint density at radius 3 is 2.04 bits per heavy atom. The summed E-state index contributed by atoms with van der Waals surface area (Å²) in [6.45, 7) is 0.288. The van der Waals surface area contributed by atoms with Crippen molar-refractivity contribution < 1.29 is 13.6 Å². The molecule has 1 aromatic heterocycles. The van der Waals surface area contributed by atoms with E-state index in [9.17, 15) is 13.6 Å². The first-order chi connectivity index (χ1) is 12.1. The maximum Gasteiger partial charge on any atom is 0.270 e. The highest BCUT2D eigenvalue weighted by molar-refractivity contribution is 5.92. The summed E-state index contributed by atoms with van der Waals surface area (Å²) in [5, 5.41) is 5.79. The fraction of sp³-hybridized carbons (Fsp3) is 0.0526. The summed E-state index contributed by atoms with van der Waals surface area (Å²) in [5.41, 5.74) is 2.47. The molecule has 0 aliphatic carbocycles. The van der Waals surface area contributed by atoms with Gasteiger partial charge in [0.05, 0.1) is 11.9 Å². The second kappa shape index (κ2) is 7.53. The third-order valence-electron chi connectivity index (χ3n) is 3.50. The number of nitrogens with one attached hydrogen (secondary N) is 2. The summed E-state index contributed by atoms with van der Waals surface area (Å²) in [6.07, 6.45) is 1.52. The molecule has 0 aliphatic rings. The van der Waals surface area contributed by atoms with Crippen molar-refractivity contribution in [2.45, 2.75) is 6.54 Å². The van der Waals surface area contributed by atoms with Crippen LogP contribution in [0.25, 0.3) is 0 Å². The van der Waals surface area contributed by atoms with E-state index in [1.54, 1.807) is 36.4 Å². The van der Waals surface area contributed by atoms with Gasteiger partial charge >= 0.3 is 0 Å². The maximum absolute atomic E-state index is 12.9. The smallest absolute Gasteiger partial charge is 0.270 e. The summed E-state index contributed by atoms with van der Waals surface area (Å²) in [6, 6.07) is 15.1. The number of hydrogen-bond donors (Lipinski definition) is 2. The van der Waals surface area contributed by atoms with Gasteiger partial charge in [0.2, 0.25) is 0 Å². The van der Waals surface area contributed by atoms with Gasteiger partial charge in [0.25, 0.3) is 5.91 Å². The Kier molecular flexibility index (Phi) is 4.99. The van der Waals surface area contributed by atoms with Crippen molar-refractivity contribution in [3.63, 3.8) is 0 Å². The predicted molar refractivity (Wildman–Crippen MR) is 91.5 cm³/mol. The molecule has 0 atom stereocenters. The Morgan fingerprint density at radius 2 is 1.44 bits per heavy atom. The molecule has 4 nitrogen and oxygen atoms in total. The number of rotatable bonds is 5. The molecule has 2 N–H and O–H groups in total. The molecule has 0 bridgehead atoms. The molecule has 0 unspecified atom stereocenters. The number of aromatic nitrogens is 1. The summed E-state index contributed by atoms with van der Waals surface area (Å²) in [4.78, 5) is 16.2. The van der Waals surface area contributed by atoms with Crippen molar-refractivity contribution >= 4 is 17.3 Å². The lowest BCUT2D eigenvalue weighted by atomic mass is 10.2. The van der Waals surface area contributed by atoms with Crippen LogP contribution in [-0.2, 0) is 6.54 Å². The van der Waals surface area contributed by atoms with Crippen molar-refractivity contribution in [2.75, 3.05) is 5.32 Å². The van der Waals surface area contributed by atoms with Crippen molar-refractivity contribution in [1.82, 2.24) is 10.3 Å². The Labute approximate surface area is 143 Å². The van der Waals surface area contributed by atoms with Crippen LogP contribution in [0.15, 0.2) is 66.9 Å². The van der Waals surface area contributed by atoms with E-state index in [2.05, 4.69) is 15.6 Å². The van der Waals surface area contributed by atoms with Crippen LogP contribution >= 0.6 is 0 Å². The van der Waals surface area contributed by atoms with Gasteiger partial charge in [0.1, 0.15) is 17.3 Å². The lowest BCUT2D eigenvalue weighted by Gasteiger charge is -2.08. The van der Waals surface area contributed by atoms with Crippen LogP contribution in [0.1, 0.15) is 16.1 Å². The van der Waals surface area contributed by atoms with Gasteiger partial charge in [0, 0.05) is 12.2 Å². The molecule has 0 saturated heterocycles. The molecule has 0 fully saturated rings. The van der Waals surface area contributed by atoms with Gasteiger partial charge in [-0.25, -0.2) is 13.8 Å². The Morgan fingerprint density at radius 1 is 0.840 bits per heavy atom. The van der Waals surface area contributed by atoms with E-state index in [0.29, 0.717) is 5.69 Å². The summed E-state index contributed by atoms with van der Waals surface area (Å²) < 4.78 is 25.7. The molecule has 0 saturated carbocycles. The van der Waals surface area contributed by atoms with Crippen LogP contribution in [0.3, 0.4) is 0 Å². The zero-order valence-electron chi connectivity index (χ0n) is 13.2. The Hall–Kier alpha value is -3.28. The fourth-order valence-electron chi connectivity index (χ4n) is 2.18. The molecule has 6 heteroatoms. The highest BCUT2D eigenvalue weighted by Crippen LogP contribution is 2.16. The monoisotopic (exact) mass is 339 g/mol. The SMILES string of the molecule is O=C(NCc1ccc(F)cc1)c1ccc(Nc2ccc(F)cc2)cn1. The summed E-state index contributed by atoms with van der Waals surface area (Å²) in [7, 11) is 0. The number of halogens is 2. The average molecular weight is 339 g/mol. The van der Waals surface area contributed by atoms with Gasteiger partial charge in [-0.2, -0.15) is 0 Å². The fourth-order valence-corrected chi connectivity index (χ4v) is 2.18. The highest BCUT2D eigenvalue weighted by Gasteiger charge is 2.07. The third-order valence-corrected chi connectivity index (χ3v) is 3.50. The van der Waals surface area contributed by atoms with Crippen LogP contribution < -0.4 is 10.6 Å². The Balaban J connectivity index is 1.58. The zero-order valence-corrected chi connectivity index (χ0v) is 13.2. The minimum atomic E-state index is -0.322. The van der Waals surface area contributed by atoms with Gasteiger partial charge < -0.3 is 10.6 Å². The topological polar surface area (TPSA) is 54.0 Å². The molecule has 1 heterocycles. The highest BCUT2D eigenvalue weighted by atomic mass is 19.1. The predicted octanol–water partition coefficient (Wildman–Crippen LogP) is 4.03. The van der Waals surface area contributed by atoms with Crippen LogP contribution in [-0.4, -0.2) is 10.9 Å². The summed E-state index contributed by atoms with van der Waals surface area (Å²) in [5.74, 6) is -0.949. The molecular weight excluding hydrogens is 324 g/mol. The van der Waals surface area contributed by atoms with Crippen LogP contribution in [0, 0.1) is 11.6 Å². The number of pyridine rings is 1. The third kappa shape index (κ3) is 4.60. The molecule has 0 spiro atoms. The van der Waals surface area contributed by atoms with Gasteiger partial charge in [-0.15, -0.1) is 0 Å². The molecule has 2 aromatic carbocycles. The Bertz CT molecular complexity index is 847. The zero-order chi connectivity index (χ0) is 17.6. The normalized spacial score (nSPS) is 10.3.